The SMILES string of the molecule is Cc1cc(I)ccc1NC(=O)/C(C#N)=C\NCCc1cccc(Br)c1. The lowest BCUT2D eigenvalue weighted by molar-refractivity contribution is -0.112. The molecular formula is C19H17BrIN3O. The van der Waals surface area contributed by atoms with Crippen molar-refractivity contribution < 1.29 is 4.79 Å². The summed E-state index contributed by atoms with van der Waals surface area (Å²) in [7, 11) is 0. The zero-order valence-electron chi connectivity index (χ0n) is 13.6. The van der Waals surface area contributed by atoms with Crippen LogP contribution in [0.1, 0.15) is 11.1 Å². The molecule has 0 spiro atoms. The predicted octanol–water partition coefficient (Wildman–Crippen LogP) is 4.54. The average Bonchev–Trinajstić information content (AvgIpc) is 2.57. The van der Waals surface area contributed by atoms with Crippen LogP contribution in [-0.4, -0.2) is 12.5 Å². The van der Waals surface area contributed by atoms with Crippen LogP contribution in [0.4, 0.5) is 5.69 Å². The number of rotatable bonds is 6. The van der Waals surface area contributed by atoms with E-state index >= 15 is 0 Å². The van der Waals surface area contributed by atoms with Crippen molar-refractivity contribution in [1.29, 1.82) is 5.26 Å². The third-order valence-electron chi connectivity index (χ3n) is 3.50. The molecule has 2 rings (SSSR count). The van der Waals surface area contributed by atoms with E-state index in [2.05, 4.69) is 49.2 Å². The number of hydrogen-bond acceptors (Lipinski definition) is 3. The van der Waals surface area contributed by atoms with Crippen molar-refractivity contribution >= 4 is 50.1 Å². The van der Waals surface area contributed by atoms with Gasteiger partial charge in [-0.25, -0.2) is 0 Å². The predicted molar refractivity (Wildman–Crippen MR) is 112 cm³/mol. The van der Waals surface area contributed by atoms with Gasteiger partial charge in [-0.3, -0.25) is 4.79 Å². The number of hydrogen-bond donors (Lipinski definition) is 2. The van der Waals surface area contributed by atoms with E-state index in [0.29, 0.717) is 12.2 Å². The van der Waals surface area contributed by atoms with Gasteiger partial charge in [0.2, 0.25) is 0 Å². The smallest absolute Gasteiger partial charge is 0.267 e. The molecule has 0 aliphatic heterocycles. The van der Waals surface area contributed by atoms with E-state index in [0.717, 1.165) is 20.0 Å². The van der Waals surface area contributed by atoms with E-state index in [1.54, 1.807) is 0 Å². The molecule has 0 atom stereocenters. The van der Waals surface area contributed by atoms with Crippen molar-refractivity contribution in [1.82, 2.24) is 5.32 Å². The van der Waals surface area contributed by atoms with Crippen molar-refractivity contribution in [2.24, 2.45) is 0 Å². The molecule has 0 saturated carbocycles. The molecule has 2 N–H and O–H groups in total. The first-order valence-electron chi connectivity index (χ1n) is 7.65. The van der Waals surface area contributed by atoms with E-state index in [1.807, 2.05) is 55.5 Å². The van der Waals surface area contributed by atoms with Gasteiger partial charge in [-0.05, 0) is 77.4 Å². The summed E-state index contributed by atoms with van der Waals surface area (Å²) < 4.78 is 2.13. The summed E-state index contributed by atoms with van der Waals surface area (Å²) >= 11 is 5.65. The molecule has 0 saturated heterocycles. The maximum atomic E-state index is 12.2. The molecule has 6 heteroatoms. The van der Waals surface area contributed by atoms with E-state index in [-0.39, 0.29) is 5.57 Å². The molecule has 4 nitrogen and oxygen atoms in total. The van der Waals surface area contributed by atoms with Crippen LogP contribution in [0.5, 0.6) is 0 Å². The third kappa shape index (κ3) is 6.18. The fourth-order valence-electron chi connectivity index (χ4n) is 2.19. The summed E-state index contributed by atoms with van der Waals surface area (Å²) in [6, 6.07) is 15.7. The summed E-state index contributed by atoms with van der Waals surface area (Å²) in [5.41, 5.74) is 2.89. The molecule has 2 aromatic carbocycles. The van der Waals surface area contributed by atoms with Crippen LogP contribution >= 0.6 is 38.5 Å². The lowest BCUT2D eigenvalue weighted by atomic mass is 10.1. The number of benzene rings is 2. The van der Waals surface area contributed by atoms with Crippen LogP contribution in [0, 0.1) is 21.8 Å². The molecule has 0 fully saturated rings. The molecule has 0 aliphatic rings. The topological polar surface area (TPSA) is 64.9 Å². The number of nitriles is 1. The summed E-state index contributed by atoms with van der Waals surface area (Å²) in [6.07, 6.45) is 2.27. The maximum Gasteiger partial charge on any atom is 0.267 e. The van der Waals surface area contributed by atoms with E-state index < -0.39 is 5.91 Å². The number of carbonyl (C=O) groups is 1. The lowest BCUT2D eigenvalue weighted by Gasteiger charge is -2.08. The number of amides is 1. The second-order valence-electron chi connectivity index (χ2n) is 5.42. The number of aryl methyl sites for hydroxylation is 1. The van der Waals surface area contributed by atoms with E-state index in [1.165, 1.54) is 11.8 Å². The highest BCUT2D eigenvalue weighted by molar-refractivity contribution is 14.1. The monoisotopic (exact) mass is 509 g/mol. The lowest BCUT2D eigenvalue weighted by Crippen LogP contribution is -2.18. The first-order chi connectivity index (χ1) is 12.0. The molecule has 25 heavy (non-hydrogen) atoms. The second kappa shape index (κ2) is 9.59. The summed E-state index contributed by atoms with van der Waals surface area (Å²) in [4.78, 5) is 12.2. The van der Waals surface area contributed by atoms with Gasteiger partial charge in [-0.2, -0.15) is 5.26 Å². The normalized spacial score (nSPS) is 10.9. The van der Waals surface area contributed by atoms with Crippen molar-refractivity contribution in [3.05, 3.63) is 73.4 Å². The van der Waals surface area contributed by atoms with Gasteiger partial charge in [0.15, 0.2) is 0 Å². The number of nitrogens with zero attached hydrogens (tertiary/aromatic N) is 1. The van der Waals surface area contributed by atoms with Crippen LogP contribution in [-0.2, 0) is 11.2 Å². The molecule has 2 aromatic rings. The Bertz CT molecular complexity index is 843. The molecule has 0 aromatic heterocycles. The van der Waals surface area contributed by atoms with Crippen LogP contribution in [0.3, 0.4) is 0 Å². The fraction of sp³-hybridized carbons (Fsp3) is 0.158. The Kier molecular flexibility index (Phi) is 7.47. The Balaban J connectivity index is 1.92. The van der Waals surface area contributed by atoms with Gasteiger partial charge in [-0.15, -0.1) is 0 Å². The van der Waals surface area contributed by atoms with Gasteiger partial charge in [0, 0.05) is 26.5 Å². The van der Waals surface area contributed by atoms with E-state index in [9.17, 15) is 10.1 Å². The largest absolute Gasteiger partial charge is 0.389 e. The standard InChI is InChI=1S/C19H17BrIN3O/c1-13-9-17(21)5-6-18(13)24-19(25)15(11-22)12-23-8-7-14-3-2-4-16(20)10-14/h2-6,9-10,12,23H,7-8H2,1H3,(H,24,25)/b15-12-. The van der Waals surface area contributed by atoms with Crippen LogP contribution in [0.15, 0.2) is 58.7 Å². The molecule has 0 unspecified atom stereocenters. The summed E-state index contributed by atoms with van der Waals surface area (Å²) in [5, 5.41) is 15.0. The van der Waals surface area contributed by atoms with Crippen molar-refractivity contribution in [2.75, 3.05) is 11.9 Å². The number of halogens is 2. The fourth-order valence-corrected chi connectivity index (χ4v) is 3.28. The highest BCUT2D eigenvalue weighted by Gasteiger charge is 2.10. The Labute approximate surface area is 169 Å². The van der Waals surface area contributed by atoms with Gasteiger partial charge in [-0.1, -0.05) is 28.1 Å². The van der Waals surface area contributed by atoms with Crippen molar-refractivity contribution in [2.45, 2.75) is 13.3 Å². The minimum Gasteiger partial charge on any atom is -0.389 e. The van der Waals surface area contributed by atoms with Crippen molar-refractivity contribution in [3.63, 3.8) is 0 Å². The number of anilines is 1. The van der Waals surface area contributed by atoms with Gasteiger partial charge < -0.3 is 10.6 Å². The van der Waals surface area contributed by atoms with Crippen LogP contribution in [0.2, 0.25) is 0 Å². The zero-order valence-corrected chi connectivity index (χ0v) is 17.4. The number of carbonyl (C=O) groups excluding carboxylic acids is 1. The molecule has 0 radical (unpaired) electrons. The average molecular weight is 510 g/mol. The molecular weight excluding hydrogens is 493 g/mol. The van der Waals surface area contributed by atoms with Gasteiger partial charge in [0.05, 0.1) is 0 Å². The Morgan fingerprint density at radius 3 is 2.80 bits per heavy atom. The van der Waals surface area contributed by atoms with Crippen LogP contribution < -0.4 is 10.6 Å². The highest BCUT2D eigenvalue weighted by Crippen LogP contribution is 2.18. The summed E-state index contributed by atoms with van der Waals surface area (Å²) in [6.45, 7) is 2.56. The zero-order chi connectivity index (χ0) is 18.2. The van der Waals surface area contributed by atoms with Gasteiger partial charge >= 0.3 is 0 Å². The quantitative estimate of drug-likeness (QED) is 0.260. The van der Waals surface area contributed by atoms with Gasteiger partial charge in [0.1, 0.15) is 11.6 Å². The van der Waals surface area contributed by atoms with Gasteiger partial charge in [0.25, 0.3) is 5.91 Å². The minimum atomic E-state index is -0.415. The molecule has 0 heterocycles. The maximum absolute atomic E-state index is 12.2. The first kappa shape index (κ1) is 19.5. The minimum absolute atomic E-state index is 0.0483. The summed E-state index contributed by atoms with van der Waals surface area (Å²) in [5.74, 6) is -0.415. The molecule has 1 amide bonds. The molecule has 0 aliphatic carbocycles. The molecule has 0 bridgehead atoms. The Hall–Kier alpha value is -1.85. The van der Waals surface area contributed by atoms with Crippen LogP contribution in [0.25, 0.3) is 0 Å². The van der Waals surface area contributed by atoms with E-state index in [4.69, 9.17) is 0 Å². The Morgan fingerprint density at radius 1 is 1.32 bits per heavy atom. The first-order valence-corrected chi connectivity index (χ1v) is 9.52. The second-order valence-corrected chi connectivity index (χ2v) is 7.58. The highest BCUT2D eigenvalue weighted by atomic mass is 127. The number of nitrogens with one attached hydrogen (secondary N) is 2. The Morgan fingerprint density at radius 2 is 2.12 bits per heavy atom. The van der Waals surface area contributed by atoms with Crippen molar-refractivity contribution in [3.8, 4) is 6.07 Å². The molecule has 128 valence electrons. The third-order valence-corrected chi connectivity index (χ3v) is 4.66.